The van der Waals surface area contributed by atoms with E-state index in [2.05, 4.69) is 37.9 Å². The Bertz CT molecular complexity index is 924. The maximum atomic E-state index is 12.0. The molecule has 1 aromatic heterocycles. The Morgan fingerprint density at radius 1 is 1.19 bits per heavy atom. The van der Waals surface area contributed by atoms with Crippen molar-refractivity contribution < 1.29 is 9.53 Å². The van der Waals surface area contributed by atoms with Crippen LogP contribution < -0.4 is 5.56 Å². The molecule has 1 fully saturated rings. The molecule has 0 saturated carbocycles. The van der Waals surface area contributed by atoms with Gasteiger partial charge < -0.3 is 14.6 Å². The number of carbonyl (C=O) groups excluding carboxylic acids is 1. The number of hydrogen-bond acceptors (Lipinski definition) is 3. The molecule has 1 saturated heterocycles. The topological polar surface area (TPSA) is 62.4 Å². The second-order valence-corrected chi connectivity index (χ2v) is 7.96. The number of rotatable bonds is 4. The van der Waals surface area contributed by atoms with Crippen LogP contribution in [0.1, 0.15) is 37.6 Å². The van der Waals surface area contributed by atoms with E-state index in [1.165, 1.54) is 5.56 Å². The average molecular weight is 387 g/mol. The van der Waals surface area contributed by atoms with Crippen molar-refractivity contribution in [1.82, 2.24) is 9.88 Å². The summed E-state index contributed by atoms with van der Waals surface area (Å²) < 4.78 is 4.98. The molecule has 2 aromatic rings. The maximum Gasteiger partial charge on any atom is 0.410 e. The van der Waals surface area contributed by atoms with Gasteiger partial charge >= 0.3 is 6.09 Å². The molecule has 0 atom stereocenters. The molecule has 0 unspecified atom stereocenters. The first kappa shape index (κ1) is 19.2. The van der Waals surface area contributed by atoms with Gasteiger partial charge in [0.2, 0.25) is 0 Å². The Kier molecular flexibility index (Phi) is 5.42. The molecule has 1 N–H and O–H groups in total. The third kappa shape index (κ3) is 4.42. The van der Waals surface area contributed by atoms with E-state index in [1.807, 2.05) is 18.2 Å². The van der Waals surface area contributed by atoms with Crippen LogP contribution in [-0.2, 0) is 10.2 Å². The van der Waals surface area contributed by atoms with Crippen LogP contribution in [-0.4, -0.2) is 35.7 Å². The lowest BCUT2D eigenvalue weighted by atomic mass is 9.86. The lowest BCUT2D eigenvalue weighted by Crippen LogP contribution is -2.24. The molecule has 1 aromatic carbocycles. The predicted octanol–water partition coefficient (Wildman–Crippen LogP) is 4.21. The van der Waals surface area contributed by atoms with Crippen LogP contribution >= 0.6 is 11.6 Å². The van der Waals surface area contributed by atoms with E-state index in [1.54, 1.807) is 17.0 Å². The van der Waals surface area contributed by atoms with Crippen molar-refractivity contribution in [2.45, 2.75) is 26.2 Å². The second-order valence-electron chi connectivity index (χ2n) is 7.55. The minimum absolute atomic E-state index is 0.0519. The molecule has 5 nitrogen and oxygen atoms in total. The van der Waals surface area contributed by atoms with Gasteiger partial charge in [-0.15, -0.1) is 0 Å². The van der Waals surface area contributed by atoms with Crippen LogP contribution in [0.25, 0.3) is 5.57 Å². The zero-order valence-electron chi connectivity index (χ0n) is 15.7. The first-order chi connectivity index (χ1) is 12.8. The van der Waals surface area contributed by atoms with Crippen molar-refractivity contribution in [3.05, 3.63) is 74.7 Å². The number of benzene rings is 1. The number of pyridine rings is 1. The monoisotopic (exact) mass is 386 g/mol. The molecule has 0 radical (unpaired) electrons. The number of amides is 1. The van der Waals surface area contributed by atoms with Gasteiger partial charge in [0.1, 0.15) is 11.6 Å². The van der Waals surface area contributed by atoms with Crippen LogP contribution in [0.15, 0.2) is 47.3 Å². The normalized spacial score (nSPS) is 15.2. The molecule has 6 heteroatoms. The predicted molar refractivity (Wildman–Crippen MR) is 107 cm³/mol. The van der Waals surface area contributed by atoms with Gasteiger partial charge in [-0.2, -0.15) is 0 Å². The number of aromatic nitrogens is 1. The van der Waals surface area contributed by atoms with Crippen molar-refractivity contribution in [2.24, 2.45) is 0 Å². The zero-order valence-corrected chi connectivity index (χ0v) is 16.5. The van der Waals surface area contributed by atoms with Crippen LogP contribution in [0.2, 0.25) is 5.02 Å². The van der Waals surface area contributed by atoms with Crippen molar-refractivity contribution >= 4 is 23.3 Å². The highest BCUT2D eigenvalue weighted by atomic mass is 35.5. The van der Waals surface area contributed by atoms with E-state index in [-0.39, 0.29) is 22.1 Å². The third-order valence-electron chi connectivity index (χ3n) is 4.57. The third-order valence-corrected chi connectivity index (χ3v) is 4.87. The van der Waals surface area contributed by atoms with Gasteiger partial charge in [0.25, 0.3) is 5.56 Å². The Hall–Kier alpha value is -2.53. The summed E-state index contributed by atoms with van der Waals surface area (Å²) >= 11 is 5.87. The number of nitrogens with zero attached hydrogens (tertiary/aromatic N) is 1. The average Bonchev–Trinajstić information content (AvgIpc) is 3.03. The van der Waals surface area contributed by atoms with Crippen molar-refractivity contribution in [1.29, 1.82) is 0 Å². The summed E-state index contributed by atoms with van der Waals surface area (Å²) in [6.45, 7) is 7.85. The van der Waals surface area contributed by atoms with E-state index in [0.717, 1.165) is 11.1 Å². The van der Waals surface area contributed by atoms with E-state index < -0.39 is 0 Å². The summed E-state index contributed by atoms with van der Waals surface area (Å²) in [6.07, 6.45) is 1.61. The Morgan fingerprint density at radius 2 is 1.89 bits per heavy atom. The van der Waals surface area contributed by atoms with Crippen LogP contribution in [0, 0.1) is 0 Å². The Balaban J connectivity index is 1.99. The first-order valence-electron chi connectivity index (χ1n) is 8.88. The number of carbonyl (C=O) groups is 1. The molecule has 1 aliphatic heterocycles. The van der Waals surface area contributed by atoms with Crippen LogP contribution in [0.4, 0.5) is 4.79 Å². The number of aromatic amines is 1. The molecule has 2 heterocycles. The molecular formula is C21H23ClN2O3. The molecule has 0 spiro atoms. The Labute approximate surface area is 163 Å². The molecule has 1 amide bonds. The summed E-state index contributed by atoms with van der Waals surface area (Å²) in [5.41, 5.74) is 3.37. The van der Waals surface area contributed by atoms with Crippen molar-refractivity contribution in [2.75, 3.05) is 19.7 Å². The highest BCUT2D eigenvalue weighted by Crippen LogP contribution is 2.27. The fourth-order valence-corrected chi connectivity index (χ4v) is 3.05. The molecule has 0 bridgehead atoms. The minimum Gasteiger partial charge on any atom is -0.448 e. The number of cyclic esters (lactones) is 1. The first-order valence-corrected chi connectivity index (χ1v) is 9.25. The molecule has 27 heavy (non-hydrogen) atoms. The highest BCUT2D eigenvalue weighted by molar-refractivity contribution is 6.30. The molecule has 142 valence electrons. The molecule has 0 aliphatic carbocycles. The Morgan fingerprint density at radius 3 is 2.44 bits per heavy atom. The van der Waals surface area contributed by atoms with E-state index >= 15 is 0 Å². The number of H-pyrrole nitrogens is 1. The lowest BCUT2D eigenvalue weighted by Gasteiger charge is -2.20. The molecule has 3 rings (SSSR count). The summed E-state index contributed by atoms with van der Waals surface area (Å²) in [5.74, 6) is 0. The van der Waals surface area contributed by atoms with Crippen LogP contribution in [0.3, 0.4) is 0 Å². The van der Waals surface area contributed by atoms with E-state index in [0.29, 0.717) is 25.4 Å². The fraction of sp³-hybridized carbons (Fsp3) is 0.333. The molecular weight excluding hydrogens is 364 g/mol. The summed E-state index contributed by atoms with van der Waals surface area (Å²) in [6, 6.07) is 11.6. The van der Waals surface area contributed by atoms with E-state index in [9.17, 15) is 9.59 Å². The largest absolute Gasteiger partial charge is 0.448 e. The van der Waals surface area contributed by atoms with Crippen LogP contribution in [0.5, 0.6) is 0 Å². The lowest BCUT2D eigenvalue weighted by molar-refractivity contribution is 0.161. The quantitative estimate of drug-likeness (QED) is 0.856. The van der Waals surface area contributed by atoms with Gasteiger partial charge in [-0.3, -0.25) is 4.79 Å². The van der Waals surface area contributed by atoms with Crippen molar-refractivity contribution in [3.63, 3.8) is 0 Å². The number of ether oxygens (including phenoxy) is 1. The van der Waals surface area contributed by atoms with E-state index in [4.69, 9.17) is 16.3 Å². The van der Waals surface area contributed by atoms with Gasteiger partial charge in [-0.1, -0.05) is 62.7 Å². The zero-order chi connectivity index (χ0) is 19.6. The fourth-order valence-electron chi connectivity index (χ4n) is 2.94. The van der Waals surface area contributed by atoms with Crippen molar-refractivity contribution in [3.8, 4) is 0 Å². The maximum absolute atomic E-state index is 12.0. The highest BCUT2D eigenvalue weighted by Gasteiger charge is 2.21. The van der Waals surface area contributed by atoms with Gasteiger partial charge in [0, 0.05) is 17.8 Å². The number of halogens is 1. The number of nitrogens with one attached hydrogen (secondary N) is 1. The van der Waals surface area contributed by atoms with Gasteiger partial charge in [-0.05, 0) is 28.7 Å². The smallest absolute Gasteiger partial charge is 0.410 e. The second kappa shape index (κ2) is 7.61. The van der Waals surface area contributed by atoms with Gasteiger partial charge in [-0.25, -0.2) is 4.79 Å². The standard InChI is InChI=1S/C21H23ClN2O3/c1-21(2,3)15-6-4-14(5-7-15)16(10-11-24-12-13-27-20(24)26)18-9-8-17(22)19(25)23-18/h4-10H,11-13H2,1-3H3,(H,23,25)/b16-10+. The SMILES string of the molecule is CC(C)(C)c1ccc(/C(=C\CN2CCOC2=O)c2ccc(Cl)c(=O)[nH]2)cc1. The summed E-state index contributed by atoms with van der Waals surface area (Å²) in [4.78, 5) is 28.1. The summed E-state index contributed by atoms with van der Waals surface area (Å²) in [5, 5.41) is 0.143. The minimum atomic E-state index is -0.341. The van der Waals surface area contributed by atoms with Gasteiger partial charge in [0.05, 0.1) is 6.54 Å². The number of hydrogen-bond donors (Lipinski definition) is 1. The summed E-state index contributed by atoms with van der Waals surface area (Å²) in [7, 11) is 0. The van der Waals surface area contributed by atoms with Gasteiger partial charge in [0.15, 0.2) is 0 Å². The molecule has 1 aliphatic rings.